The van der Waals surface area contributed by atoms with Crippen LogP contribution in [-0.4, -0.2) is 9.97 Å². The van der Waals surface area contributed by atoms with E-state index in [1.807, 2.05) is 48.5 Å². The molecule has 0 saturated carbocycles. The highest BCUT2D eigenvalue weighted by atomic mass is 35.5. The van der Waals surface area contributed by atoms with Crippen molar-refractivity contribution in [2.45, 2.75) is 0 Å². The quantitative estimate of drug-likeness (QED) is 0.411. The second-order valence-electron chi connectivity index (χ2n) is 4.60. The fourth-order valence-corrected chi connectivity index (χ4v) is 4.08. The highest BCUT2D eigenvalue weighted by Crippen LogP contribution is 2.41. The lowest BCUT2D eigenvalue weighted by Crippen LogP contribution is -1.88. The molecule has 2 aromatic heterocycles. The van der Waals surface area contributed by atoms with E-state index in [0.29, 0.717) is 5.02 Å². The van der Waals surface area contributed by atoms with Gasteiger partial charge >= 0.3 is 0 Å². The monoisotopic (exact) mass is 330 g/mol. The average Bonchev–Trinajstić information content (AvgIpc) is 2.87. The third kappa shape index (κ3) is 2.09. The van der Waals surface area contributed by atoms with E-state index in [-0.39, 0.29) is 5.28 Å². The Morgan fingerprint density at radius 3 is 2.48 bits per heavy atom. The maximum absolute atomic E-state index is 6.33. The lowest BCUT2D eigenvalue weighted by atomic mass is 10.1. The Morgan fingerprint density at radius 1 is 0.857 bits per heavy atom. The fourth-order valence-electron chi connectivity index (χ4n) is 2.41. The summed E-state index contributed by atoms with van der Waals surface area (Å²) in [5.74, 6) is 0. The van der Waals surface area contributed by atoms with E-state index in [1.165, 1.54) is 0 Å². The van der Waals surface area contributed by atoms with Crippen molar-refractivity contribution in [1.82, 2.24) is 9.97 Å². The molecule has 5 heteroatoms. The molecule has 0 radical (unpaired) electrons. The predicted octanol–water partition coefficient (Wildman–Crippen LogP) is 5.82. The van der Waals surface area contributed by atoms with E-state index < -0.39 is 0 Å². The van der Waals surface area contributed by atoms with Gasteiger partial charge in [0.05, 0.1) is 20.9 Å². The van der Waals surface area contributed by atoms with Crippen LogP contribution in [0.1, 0.15) is 0 Å². The lowest BCUT2D eigenvalue weighted by Gasteiger charge is -2.03. The summed E-state index contributed by atoms with van der Waals surface area (Å²) in [6, 6.07) is 15.8. The molecule has 2 heterocycles. The molecule has 0 aliphatic heterocycles. The molecule has 4 rings (SSSR count). The van der Waals surface area contributed by atoms with Crippen molar-refractivity contribution in [1.29, 1.82) is 0 Å². The van der Waals surface area contributed by atoms with Crippen LogP contribution >= 0.6 is 34.5 Å². The Hall–Kier alpha value is -1.68. The Balaban J connectivity index is 2.18. The molecule has 0 aliphatic carbocycles. The van der Waals surface area contributed by atoms with Gasteiger partial charge in [-0.25, -0.2) is 9.97 Å². The van der Waals surface area contributed by atoms with E-state index in [4.69, 9.17) is 23.2 Å². The molecule has 102 valence electrons. The number of fused-ring (bicyclic) bond motifs is 3. The smallest absolute Gasteiger partial charge is 0.216 e. The molecule has 2 aromatic carbocycles. The fraction of sp³-hybridized carbons (Fsp3) is 0. The summed E-state index contributed by atoms with van der Waals surface area (Å²) in [4.78, 5) is 8.81. The van der Waals surface area contributed by atoms with Crippen molar-refractivity contribution in [2.75, 3.05) is 0 Å². The van der Waals surface area contributed by atoms with Gasteiger partial charge in [-0.2, -0.15) is 0 Å². The second kappa shape index (κ2) is 4.95. The Kier molecular flexibility index (Phi) is 3.07. The van der Waals surface area contributed by atoms with Gasteiger partial charge in [0.2, 0.25) is 5.28 Å². The molecule has 21 heavy (non-hydrogen) atoms. The highest BCUT2D eigenvalue weighted by Gasteiger charge is 2.16. The first-order valence-electron chi connectivity index (χ1n) is 6.34. The van der Waals surface area contributed by atoms with Crippen molar-refractivity contribution in [3.63, 3.8) is 0 Å². The SMILES string of the molecule is Clc1nc(-c2ccccc2)c2sc3cccc(Cl)c3c2n1. The molecule has 0 saturated heterocycles. The van der Waals surface area contributed by atoms with E-state index >= 15 is 0 Å². The van der Waals surface area contributed by atoms with Gasteiger partial charge in [0.1, 0.15) is 0 Å². The van der Waals surface area contributed by atoms with E-state index in [9.17, 15) is 0 Å². The molecule has 0 unspecified atom stereocenters. The number of hydrogen-bond donors (Lipinski definition) is 0. The van der Waals surface area contributed by atoms with Crippen LogP contribution in [0.3, 0.4) is 0 Å². The van der Waals surface area contributed by atoms with E-state index in [1.54, 1.807) is 11.3 Å². The normalized spacial score (nSPS) is 11.3. The van der Waals surface area contributed by atoms with Crippen molar-refractivity contribution in [3.8, 4) is 11.3 Å². The molecule has 0 N–H and O–H groups in total. The lowest BCUT2D eigenvalue weighted by molar-refractivity contribution is 1.24. The minimum atomic E-state index is 0.237. The molecule has 2 nitrogen and oxygen atoms in total. The van der Waals surface area contributed by atoms with Crippen LogP contribution in [0.25, 0.3) is 31.6 Å². The van der Waals surface area contributed by atoms with Crippen LogP contribution in [0.15, 0.2) is 48.5 Å². The number of nitrogens with zero attached hydrogens (tertiary/aromatic N) is 2. The van der Waals surface area contributed by atoms with Crippen LogP contribution in [0.5, 0.6) is 0 Å². The minimum absolute atomic E-state index is 0.237. The summed E-state index contributed by atoms with van der Waals surface area (Å²) in [6.07, 6.45) is 0. The number of halogens is 2. The first-order valence-corrected chi connectivity index (χ1v) is 7.91. The van der Waals surface area contributed by atoms with Crippen LogP contribution in [-0.2, 0) is 0 Å². The summed E-state index contributed by atoms with van der Waals surface area (Å²) in [7, 11) is 0. The molecule has 0 spiro atoms. The zero-order valence-corrected chi connectivity index (χ0v) is 13.0. The molecule has 0 aliphatic rings. The summed E-state index contributed by atoms with van der Waals surface area (Å²) < 4.78 is 2.10. The molecule has 0 amide bonds. The Bertz CT molecular complexity index is 964. The van der Waals surface area contributed by atoms with Crippen molar-refractivity contribution in [3.05, 3.63) is 58.8 Å². The number of rotatable bonds is 1. The van der Waals surface area contributed by atoms with Gasteiger partial charge in [-0.05, 0) is 23.7 Å². The van der Waals surface area contributed by atoms with E-state index in [0.717, 1.165) is 31.6 Å². The molecule has 0 atom stereocenters. The van der Waals surface area contributed by atoms with Crippen LogP contribution in [0, 0.1) is 0 Å². The Morgan fingerprint density at radius 2 is 1.67 bits per heavy atom. The first-order chi connectivity index (χ1) is 10.2. The molecule has 4 aromatic rings. The standard InChI is InChI=1S/C16H8Cl2N2S/c17-10-7-4-8-11-12(10)14-15(21-11)13(19-16(18)20-14)9-5-2-1-3-6-9/h1-8H. The summed E-state index contributed by atoms with van der Waals surface area (Å²) in [5, 5.41) is 1.87. The second-order valence-corrected chi connectivity index (χ2v) is 6.40. The van der Waals surface area contributed by atoms with Gasteiger partial charge < -0.3 is 0 Å². The Labute approximate surface area is 135 Å². The van der Waals surface area contributed by atoms with Gasteiger partial charge in [-0.3, -0.25) is 0 Å². The van der Waals surface area contributed by atoms with Gasteiger partial charge in [-0.1, -0.05) is 48.0 Å². The van der Waals surface area contributed by atoms with Crippen molar-refractivity contribution < 1.29 is 0 Å². The third-order valence-corrected chi connectivity index (χ3v) is 4.94. The third-order valence-electron chi connectivity index (χ3n) is 3.31. The summed E-state index contributed by atoms with van der Waals surface area (Å²) >= 11 is 14.1. The van der Waals surface area contributed by atoms with Gasteiger partial charge in [0.15, 0.2) is 0 Å². The number of thiophene rings is 1. The van der Waals surface area contributed by atoms with Crippen molar-refractivity contribution in [2.24, 2.45) is 0 Å². The highest BCUT2D eigenvalue weighted by molar-refractivity contribution is 7.26. The molecule has 0 bridgehead atoms. The first kappa shape index (κ1) is 13.0. The average molecular weight is 331 g/mol. The number of benzene rings is 2. The van der Waals surface area contributed by atoms with Crippen molar-refractivity contribution >= 4 is 54.8 Å². The van der Waals surface area contributed by atoms with Gasteiger partial charge in [0, 0.05) is 15.6 Å². The molecular formula is C16H8Cl2N2S. The van der Waals surface area contributed by atoms with Gasteiger partial charge in [0.25, 0.3) is 0 Å². The molecule has 0 fully saturated rings. The zero-order chi connectivity index (χ0) is 14.4. The number of aromatic nitrogens is 2. The molecular weight excluding hydrogens is 323 g/mol. The summed E-state index contributed by atoms with van der Waals surface area (Å²) in [5.41, 5.74) is 2.69. The van der Waals surface area contributed by atoms with Crippen LogP contribution in [0.4, 0.5) is 0 Å². The van der Waals surface area contributed by atoms with Crippen LogP contribution in [0.2, 0.25) is 10.3 Å². The predicted molar refractivity (Wildman–Crippen MR) is 90.4 cm³/mol. The summed E-state index contributed by atoms with van der Waals surface area (Å²) in [6.45, 7) is 0. The maximum atomic E-state index is 6.33. The zero-order valence-electron chi connectivity index (χ0n) is 10.7. The maximum Gasteiger partial charge on any atom is 0.223 e. The topological polar surface area (TPSA) is 25.8 Å². The minimum Gasteiger partial charge on any atom is -0.216 e. The number of hydrogen-bond acceptors (Lipinski definition) is 3. The largest absolute Gasteiger partial charge is 0.223 e. The van der Waals surface area contributed by atoms with Crippen LogP contribution < -0.4 is 0 Å². The van der Waals surface area contributed by atoms with E-state index in [2.05, 4.69) is 9.97 Å². The van der Waals surface area contributed by atoms with Gasteiger partial charge in [-0.15, -0.1) is 11.3 Å².